The Hall–Kier alpha value is -2.93. The van der Waals surface area contributed by atoms with Gasteiger partial charge in [0.15, 0.2) is 5.13 Å². The molecule has 1 aromatic heterocycles. The van der Waals surface area contributed by atoms with Gasteiger partial charge in [-0.3, -0.25) is 4.79 Å². The summed E-state index contributed by atoms with van der Waals surface area (Å²) in [4.78, 5) is 17.1. The van der Waals surface area contributed by atoms with E-state index < -0.39 is 0 Å². The number of hydrogen-bond acceptors (Lipinski definition) is 5. The van der Waals surface area contributed by atoms with Crippen LogP contribution >= 0.6 is 11.3 Å². The summed E-state index contributed by atoms with van der Waals surface area (Å²) >= 11 is 1.38. The van der Waals surface area contributed by atoms with Crippen LogP contribution in [0.2, 0.25) is 0 Å². The number of nitrogen functional groups attached to an aromatic ring is 1. The number of carbonyl (C=O) groups is 1. The minimum Gasteiger partial charge on any atom is -0.489 e. The summed E-state index contributed by atoms with van der Waals surface area (Å²) in [6, 6.07) is 13.9. The predicted octanol–water partition coefficient (Wildman–Crippen LogP) is 3.92. The molecule has 1 atom stereocenters. The highest BCUT2D eigenvalue weighted by Crippen LogP contribution is 2.42. The van der Waals surface area contributed by atoms with Gasteiger partial charge in [0.2, 0.25) is 5.91 Å². The summed E-state index contributed by atoms with van der Waals surface area (Å²) < 4.78 is 19.1. The van der Waals surface area contributed by atoms with Crippen LogP contribution in [0.4, 0.5) is 15.3 Å². The number of ether oxygens (including phenoxy) is 1. The molecule has 0 unspecified atom stereocenters. The molecule has 26 heavy (non-hydrogen) atoms. The van der Waals surface area contributed by atoms with Crippen LogP contribution in [0.25, 0.3) is 0 Å². The lowest BCUT2D eigenvalue weighted by molar-refractivity contribution is -0.116. The van der Waals surface area contributed by atoms with E-state index in [0.717, 1.165) is 16.0 Å². The smallest absolute Gasteiger partial charge is 0.226 e. The average Bonchev–Trinajstić information content (AvgIpc) is 2.99. The second kappa shape index (κ2) is 6.76. The zero-order chi connectivity index (χ0) is 18.1. The number of nitrogens with two attached hydrogens (primary N) is 1. The van der Waals surface area contributed by atoms with Gasteiger partial charge in [-0.1, -0.05) is 35.6 Å². The van der Waals surface area contributed by atoms with E-state index in [2.05, 4.69) is 10.3 Å². The number of anilines is 2. The highest BCUT2D eigenvalue weighted by atomic mass is 32.1. The maximum absolute atomic E-state index is 13.3. The monoisotopic (exact) mass is 369 g/mol. The number of nitrogens with one attached hydrogen (secondary N) is 1. The Kier molecular flexibility index (Phi) is 4.30. The van der Waals surface area contributed by atoms with Crippen LogP contribution in [0.15, 0.2) is 48.5 Å². The summed E-state index contributed by atoms with van der Waals surface area (Å²) in [5.41, 5.74) is 7.51. The number of thiazole rings is 1. The Morgan fingerprint density at radius 2 is 2.12 bits per heavy atom. The number of aromatic nitrogens is 1. The van der Waals surface area contributed by atoms with Crippen molar-refractivity contribution in [1.82, 2.24) is 4.98 Å². The Morgan fingerprint density at radius 1 is 1.27 bits per heavy atom. The number of rotatable bonds is 4. The highest BCUT2D eigenvalue weighted by molar-refractivity contribution is 7.16. The topological polar surface area (TPSA) is 77.2 Å². The van der Waals surface area contributed by atoms with E-state index in [9.17, 15) is 9.18 Å². The number of amides is 1. The van der Waals surface area contributed by atoms with Gasteiger partial charge < -0.3 is 15.8 Å². The molecule has 4 rings (SSSR count). The summed E-state index contributed by atoms with van der Waals surface area (Å²) in [6.07, 6.45) is 0.335. The third-order valence-electron chi connectivity index (χ3n) is 4.19. The standard InChI is InChI=1S/C19H16FN3O2S/c20-13-5-1-3-11(7-13)10-25-14-6-2-4-12(8-14)15-9-16(24)22-18-17(15)26-19(21)23-18/h1-8,15H,9-10H2,(H2,21,23)(H,22,24)/t15-/m0/s1. The molecule has 0 fully saturated rings. The maximum Gasteiger partial charge on any atom is 0.226 e. The molecule has 132 valence electrons. The highest BCUT2D eigenvalue weighted by Gasteiger charge is 2.30. The molecule has 1 aliphatic heterocycles. The van der Waals surface area contributed by atoms with Crippen LogP contribution < -0.4 is 15.8 Å². The first-order valence-electron chi connectivity index (χ1n) is 8.12. The number of nitrogens with zero attached hydrogens (tertiary/aromatic N) is 1. The summed E-state index contributed by atoms with van der Waals surface area (Å²) in [5.74, 6) is 0.727. The third kappa shape index (κ3) is 3.39. The fraction of sp³-hybridized carbons (Fsp3) is 0.158. The van der Waals surface area contributed by atoms with Crippen LogP contribution in [-0.4, -0.2) is 10.9 Å². The molecule has 3 aromatic rings. The van der Waals surface area contributed by atoms with Crippen LogP contribution in [0.5, 0.6) is 5.75 Å². The number of halogens is 1. The van der Waals surface area contributed by atoms with Gasteiger partial charge in [0, 0.05) is 12.3 Å². The van der Waals surface area contributed by atoms with Crippen LogP contribution in [0.1, 0.15) is 28.3 Å². The van der Waals surface area contributed by atoms with Crippen LogP contribution in [-0.2, 0) is 11.4 Å². The van der Waals surface area contributed by atoms with E-state index in [1.54, 1.807) is 6.07 Å². The summed E-state index contributed by atoms with van der Waals surface area (Å²) in [5, 5.41) is 3.19. The largest absolute Gasteiger partial charge is 0.489 e. The molecule has 5 nitrogen and oxygen atoms in total. The predicted molar refractivity (Wildman–Crippen MR) is 98.8 cm³/mol. The minimum atomic E-state index is -0.289. The lowest BCUT2D eigenvalue weighted by atomic mass is 9.91. The first kappa shape index (κ1) is 16.5. The molecule has 2 aromatic carbocycles. The van der Waals surface area contributed by atoms with Crippen molar-refractivity contribution in [3.05, 3.63) is 70.4 Å². The molecule has 7 heteroatoms. The van der Waals surface area contributed by atoms with E-state index in [0.29, 0.717) is 23.1 Å². The van der Waals surface area contributed by atoms with E-state index in [1.165, 1.54) is 23.5 Å². The fourth-order valence-electron chi connectivity index (χ4n) is 3.02. The van der Waals surface area contributed by atoms with Crippen molar-refractivity contribution in [1.29, 1.82) is 0 Å². The second-order valence-electron chi connectivity index (χ2n) is 6.06. The van der Waals surface area contributed by atoms with Crippen LogP contribution in [0, 0.1) is 5.82 Å². The zero-order valence-electron chi connectivity index (χ0n) is 13.7. The average molecular weight is 369 g/mol. The first-order valence-corrected chi connectivity index (χ1v) is 8.93. The number of carbonyl (C=O) groups excluding carboxylic acids is 1. The lowest BCUT2D eigenvalue weighted by Gasteiger charge is -2.22. The van der Waals surface area contributed by atoms with Crippen molar-refractivity contribution >= 4 is 28.2 Å². The number of hydrogen-bond donors (Lipinski definition) is 2. The SMILES string of the molecule is Nc1nc2c(s1)[C@H](c1cccc(OCc3cccc(F)c3)c1)CC(=O)N2. The summed E-state index contributed by atoms with van der Waals surface area (Å²) in [7, 11) is 0. The Morgan fingerprint density at radius 3 is 2.96 bits per heavy atom. The van der Waals surface area contributed by atoms with Crippen molar-refractivity contribution in [3.8, 4) is 5.75 Å². The van der Waals surface area contributed by atoms with Gasteiger partial charge in [-0.25, -0.2) is 9.37 Å². The van der Waals surface area contributed by atoms with Crippen molar-refractivity contribution in [2.45, 2.75) is 18.9 Å². The third-order valence-corrected chi connectivity index (χ3v) is 5.19. The molecule has 0 radical (unpaired) electrons. The summed E-state index contributed by atoms with van der Waals surface area (Å²) in [6.45, 7) is 0.269. The maximum atomic E-state index is 13.3. The van der Waals surface area contributed by atoms with Crippen LogP contribution in [0.3, 0.4) is 0 Å². The van der Waals surface area contributed by atoms with Gasteiger partial charge in [0.1, 0.15) is 24.0 Å². The van der Waals surface area contributed by atoms with E-state index in [4.69, 9.17) is 10.5 Å². The number of fused-ring (bicyclic) bond motifs is 1. The Balaban J connectivity index is 1.57. The van der Waals surface area contributed by atoms with Gasteiger partial charge >= 0.3 is 0 Å². The van der Waals surface area contributed by atoms with Crippen molar-refractivity contribution in [3.63, 3.8) is 0 Å². The molecule has 1 amide bonds. The van der Waals surface area contributed by atoms with Crippen molar-refractivity contribution in [2.24, 2.45) is 0 Å². The Labute approximate surface area is 153 Å². The van der Waals surface area contributed by atoms with Gasteiger partial charge in [-0.05, 0) is 35.4 Å². The molecule has 0 saturated carbocycles. The molecule has 3 N–H and O–H groups in total. The molecule has 0 aliphatic carbocycles. The van der Waals surface area contributed by atoms with Gasteiger partial charge in [0.05, 0.1) is 4.88 Å². The van der Waals surface area contributed by atoms with Gasteiger partial charge in [0.25, 0.3) is 0 Å². The molecular formula is C19H16FN3O2S. The lowest BCUT2D eigenvalue weighted by Crippen LogP contribution is -2.22. The number of benzene rings is 2. The fourth-order valence-corrected chi connectivity index (χ4v) is 3.94. The quantitative estimate of drug-likeness (QED) is 0.731. The molecule has 2 heterocycles. The molecule has 0 bridgehead atoms. The molecular weight excluding hydrogens is 353 g/mol. The Bertz CT molecular complexity index is 973. The minimum absolute atomic E-state index is 0.0844. The normalized spacial score (nSPS) is 16.0. The molecule has 1 aliphatic rings. The van der Waals surface area contributed by atoms with E-state index in [1.807, 2.05) is 30.3 Å². The van der Waals surface area contributed by atoms with Crippen molar-refractivity contribution in [2.75, 3.05) is 11.1 Å². The van der Waals surface area contributed by atoms with Crippen molar-refractivity contribution < 1.29 is 13.9 Å². The first-order chi connectivity index (χ1) is 12.6. The zero-order valence-corrected chi connectivity index (χ0v) is 14.6. The van der Waals surface area contributed by atoms with E-state index >= 15 is 0 Å². The van der Waals surface area contributed by atoms with Gasteiger partial charge in [-0.2, -0.15) is 0 Å². The second-order valence-corrected chi connectivity index (χ2v) is 7.12. The molecule has 0 saturated heterocycles. The van der Waals surface area contributed by atoms with E-state index in [-0.39, 0.29) is 24.2 Å². The van der Waals surface area contributed by atoms with Gasteiger partial charge in [-0.15, -0.1) is 0 Å². The molecule has 0 spiro atoms.